The van der Waals surface area contributed by atoms with Crippen LogP contribution >= 0.6 is 15.9 Å². The summed E-state index contributed by atoms with van der Waals surface area (Å²) in [4.78, 5) is 7.08. The van der Waals surface area contributed by atoms with Crippen molar-refractivity contribution in [2.75, 3.05) is 0 Å². The van der Waals surface area contributed by atoms with Crippen molar-refractivity contribution >= 4 is 26.6 Å². The molecule has 0 atom stereocenters. The number of aromatic nitrogens is 2. The maximum absolute atomic E-state index is 10.2. The van der Waals surface area contributed by atoms with Crippen LogP contribution in [0.5, 0.6) is 0 Å². The van der Waals surface area contributed by atoms with E-state index < -0.39 is 10.7 Å². The minimum absolute atomic E-state index is 0.163. The molecule has 0 N–H and O–H groups in total. The third-order valence-corrected chi connectivity index (χ3v) is 1.76. The molecule has 0 amide bonds. The molecule has 6 heteroatoms. The number of halogens is 1. The predicted molar refractivity (Wildman–Crippen MR) is 38.3 cm³/mol. The van der Waals surface area contributed by atoms with Gasteiger partial charge in [-0.15, -0.1) is 0 Å². The zero-order valence-electron chi connectivity index (χ0n) is 4.69. The zero-order chi connectivity index (χ0) is 7.56. The molecule has 54 valence electrons. The van der Waals surface area contributed by atoms with Gasteiger partial charge < -0.3 is 0 Å². The molecule has 10 heavy (non-hydrogen) atoms. The summed E-state index contributed by atoms with van der Waals surface area (Å²) < 4.78 is 21.0. The van der Waals surface area contributed by atoms with Crippen LogP contribution < -0.4 is 0 Å². The van der Waals surface area contributed by atoms with E-state index in [1.54, 1.807) is 6.07 Å². The van der Waals surface area contributed by atoms with Gasteiger partial charge >= 0.3 is 0 Å². The second kappa shape index (κ2) is 3.07. The lowest BCUT2D eigenvalue weighted by atomic mass is 10.7. The normalized spacial score (nSPS) is 10.2. The molecule has 0 unspecified atom stereocenters. The first-order valence-corrected chi connectivity index (χ1v) is 4.30. The first-order chi connectivity index (χ1) is 4.70. The molecule has 0 fully saturated rings. The minimum atomic E-state index is -2.66. The molecule has 1 aromatic heterocycles. The summed E-state index contributed by atoms with van der Waals surface area (Å²) in [5.74, 6) is 0. The van der Waals surface area contributed by atoms with Gasteiger partial charge in [0.25, 0.3) is 0 Å². The Morgan fingerprint density at radius 3 is 2.60 bits per heavy atom. The van der Waals surface area contributed by atoms with E-state index in [2.05, 4.69) is 25.9 Å². The van der Waals surface area contributed by atoms with Crippen LogP contribution in [0.15, 0.2) is 22.0 Å². The number of rotatable bonds is 1. The summed E-state index contributed by atoms with van der Waals surface area (Å²) in [6, 6.07) is 1.56. The van der Waals surface area contributed by atoms with Crippen molar-refractivity contribution in [2.24, 2.45) is 0 Å². The quantitative estimate of drug-likeness (QED) is 0.420. The number of hydrogen-bond donors (Lipinski definition) is 1. The van der Waals surface area contributed by atoms with Crippen molar-refractivity contribution in [1.82, 2.24) is 9.97 Å². The van der Waals surface area contributed by atoms with Gasteiger partial charge in [-0.1, -0.05) is 0 Å². The van der Waals surface area contributed by atoms with Crippen LogP contribution in [0.3, 0.4) is 0 Å². The van der Waals surface area contributed by atoms with Crippen LogP contribution in [0.2, 0.25) is 0 Å². The van der Waals surface area contributed by atoms with Gasteiger partial charge in [0.1, 0.15) is 4.60 Å². The Bertz CT molecular complexity index is 304. The fourth-order valence-corrected chi connectivity index (χ4v) is 1.19. The van der Waals surface area contributed by atoms with Gasteiger partial charge in [-0.3, -0.25) is 0 Å². The second-order valence-electron chi connectivity index (χ2n) is 1.44. The molecular weight excluding hydrogens is 220 g/mol. The van der Waals surface area contributed by atoms with E-state index in [0.717, 1.165) is 0 Å². The van der Waals surface area contributed by atoms with Crippen molar-refractivity contribution < 1.29 is 8.42 Å². The number of hydrogen-bond acceptors (Lipinski definition) is 4. The van der Waals surface area contributed by atoms with Gasteiger partial charge in [0.15, 0.2) is 0 Å². The molecule has 0 aromatic carbocycles. The molecule has 0 radical (unpaired) electrons. The molecule has 1 rings (SSSR count). The first-order valence-electron chi connectivity index (χ1n) is 2.33. The summed E-state index contributed by atoms with van der Waals surface area (Å²) in [6.07, 6.45) is 1.37. The maximum atomic E-state index is 10.2. The Morgan fingerprint density at radius 2 is 2.20 bits per heavy atom. The van der Waals surface area contributed by atoms with Gasteiger partial charge in [0.05, 0.1) is 0 Å². The van der Waals surface area contributed by atoms with Crippen LogP contribution in [-0.2, 0) is 10.7 Å². The SMILES string of the molecule is O=[SH](=O)c1nccc(Br)n1. The van der Waals surface area contributed by atoms with Crippen LogP contribution in [0.4, 0.5) is 0 Å². The highest BCUT2D eigenvalue weighted by Crippen LogP contribution is 2.03. The Labute approximate surface area is 67.4 Å². The molecule has 0 aliphatic rings. The third kappa shape index (κ3) is 1.74. The zero-order valence-corrected chi connectivity index (χ0v) is 7.17. The maximum Gasteiger partial charge on any atom is 0.245 e. The van der Waals surface area contributed by atoms with E-state index >= 15 is 0 Å². The third-order valence-electron chi connectivity index (χ3n) is 0.772. The van der Waals surface area contributed by atoms with Gasteiger partial charge in [-0.2, -0.15) is 0 Å². The first kappa shape index (κ1) is 7.62. The Kier molecular flexibility index (Phi) is 2.34. The summed E-state index contributed by atoms with van der Waals surface area (Å²) in [5, 5.41) is -0.163. The molecule has 0 spiro atoms. The predicted octanol–water partition coefficient (Wildman–Crippen LogP) is 0.209. The van der Waals surface area contributed by atoms with Crippen molar-refractivity contribution in [3.05, 3.63) is 16.9 Å². The summed E-state index contributed by atoms with van der Waals surface area (Å²) >= 11 is 3.01. The Morgan fingerprint density at radius 1 is 1.50 bits per heavy atom. The summed E-state index contributed by atoms with van der Waals surface area (Å²) in [6.45, 7) is 0. The van der Waals surface area contributed by atoms with E-state index in [0.29, 0.717) is 4.60 Å². The lowest BCUT2D eigenvalue weighted by Gasteiger charge is -1.87. The molecular formula is C4H3BrN2O2S. The average molecular weight is 223 g/mol. The Balaban J connectivity index is 3.19. The topological polar surface area (TPSA) is 59.9 Å². The molecule has 1 heterocycles. The molecule has 0 aliphatic carbocycles. The molecule has 0 saturated heterocycles. The molecule has 0 saturated carbocycles. The fraction of sp³-hybridized carbons (Fsp3) is 0. The van der Waals surface area contributed by atoms with E-state index in [-0.39, 0.29) is 5.16 Å². The van der Waals surface area contributed by atoms with Crippen molar-refractivity contribution in [3.63, 3.8) is 0 Å². The number of thiol groups is 1. The molecule has 0 aliphatic heterocycles. The fourth-order valence-electron chi connectivity index (χ4n) is 0.415. The highest BCUT2D eigenvalue weighted by Gasteiger charge is 1.96. The second-order valence-corrected chi connectivity index (χ2v) is 3.16. The average Bonchev–Trinajstić information content (AvgIpc) is 1.88. The summed E-state index contributed by atoms with van der Waals surface area (Å²) in [5.41, 5.74) is 0. The van der Waals surface area contributed by atoms with Gasteiger partial charge in [-0.05, 0) is 22.0 Å². The van der Waals surface area contributed by atoms with E-state index in [4.69, 9.17) is 0 Å². The van der Waals surface area contributed by atoms with Crippen LogP contribution in [0.25, 0.3) is 0 Å². The molecule has 1 aromatic rings. The van der Waals surface area contributed by atoms with Crippen molar-refractivity contribution in [2.45, 2.75) is 5.16 Å². The van der Waals surface area contributed by atoms with E-state index in [1.807, 2.05) is 0 Å². The highest BCUT2D eigenvalue weighted by molar-refractivity contribution is 9.10. The number of nitrogens with zero attached hydrogens (tertiary/aromatic N) is 2. The van der Waals surface area contributed by atoms with Crippen molar-refractivity contribution in [3.8, 4) is 0 Å². The standard InChI is InChI=1S/C4H3BrN2O2S/c5-3-1-2-6-4(7-3)10(8)9/h1-2,10H. The van der Waals surface area contributed by atoms with Crippen LogP contribution in [-0.4, -0.2) is 18.4 Å². The van der Waals surface area contributed by atoms with E-state index in [9.17, 15) is 8.42 Å². The largest absolute Gasteiger partial charge is 0.245 e. The monoisotopic (exact) mass is 222 g/mol. The molecule has 4 nitrogen and oxygen atoms in total. The lowest BCUT2D eigenvalue weighted by Crippen LogP contribution is -1.90. The minimum Gasteiger partial charge on any atom is -0.227 e. The smallest absolute Gasteiger partial charge is 0.227 e. The molecule has 0 bridgehead atoms. The van der Waals surface area contributed by atoms with E-state index in [1.165, 1.54) is 6.20 Å². The van der Waals surface area contributed by atoms with Crippen LogP contribution in [0, 0.1) is 0 Å². The summed E-state index contributed by atoms with van der Waals surface area (Å²) in [7, 11) is -2.66. The van der Waals surface area contributed by atoms with Gasteiger partial charge in [0, 0.05) is 6.20 Å². The van der Waals surface area contributed by atoms with Crippen molar-refractivity contribution in [1.29, 1.82) is 0 Å². The highest BCUT2D eigenvalue weighted by atomic mass is 79.9. The Hall–Kier alpha value is -0.490. The van der Waals surface area contributed by atoms with Gasteiger partial charge in [0.2, 0.25) is 15.9 Å². The van der Waals surface area contributed by atoms with Gasteiger partial charge in [-0.25, -0.2) is 18.4 Å². The van der Waals surface area contributed by atoms with Crippen LogP contribution in [0.1, 0.15) is 0 Å². The lowest BCUT2D eigenvalue weighted by molar-refractivity contribution is 0.606.